The molecule has 0 aliphatic heterocycles. The predicted molar refractivity (Wildman–Crippen MR) is 43.9 cm³/mol. The topological polar surface area (TPSA) is 109 Å². The van der Waals surface area contributed by atoms with Crippen molar-refractivity contribution in [2.24, 2.45) is 0 Å². The zero-order valence-electron chi connectivity index (χ0n) is 6.21. The number of hydrogen-bond acceptors (Lipinski definition) is 5. The van der Waals surface area contributed by atoms with E-state index in [1.165, 1.54) is 0 Å². The van der Waals surface area contributed by atoms with E-state index >= 15 is 0 Å². The van der Waals surface area contributed by atoms with Gasteiger partial charge in [0.1, 0.15) is 4.90 Å². The fourth-order valence-corrected chi connectivity index (χ4v) is 3.11. The molecule has 0 unspecified atom stereocenters. The number of hydrogen-bond donors (Lipinski definition) is 2. The highest BCUT2D eigenvalue weighted by molar-refractivity contribution is 7.88. The van der Waals surface area contributed by atoms with Crippen molar-refractivity contribution in [3.8, 4) is 0 Å². The molecule has 0 amide bonds. The second kappa shape index (κ2) is 3.24. The Kier molecular flexibility index (Phi) is 2.67. The summed E-state index contributed by atoms with van der Waals surface area (Å²) in [5.41, 5.74) is 0. The molecule has 6 nitrogen and oxygen atoms in total. The molecule has 1 aromatic heterocycles. The van der Waals surface area contributed by atoms with Crippen LogP contribution in [0.2, 0.25) is 0 Å². The van der Waals surface area contributed by atoms with E-state index in [-0.39, 0.29) is 11.3 Å². The Morgan fingerprint density at radius 1 is 1.14 bits per heavy atom. The summed E-state index contributed by atoms with van der Waals surface area (Å²) in [4.78, 5) is -1.17. The van der Waals surface area contributed by atoms with Crippen molar-refractivity contribution in [1.82, 2.24) is 0 Å². The van der Waals surface area contributed by atoms with Crippen molar-refractivity contribution in [2.75, 3.05) is 0 Å². The molecule has 0 saturated heterocycles. The first-order valence-electron chi connectivity index (χ1n) is 2.86. The van der Waals surface area contributed by atoms with Gasteiger partial charge in [-0.15, -0.1) is 0 Å². The van der Waals surface area contributed by atoms with Crippen molar-refractivity contribution in [1.29, 1.82) is 0 Å². The summed E-state index contributed by atoms with van der Waals surface area (Å²) in [7, 11) is -9.47. The molecule has 0 atom stereocenters. The molecule has 80 valence electrons. The third kappa shape index (κ3) is 2.27. The second-order valence-electron chi connectivity index (χ2n) is 2.15. The molecule has 10 heteroatoms. The third-order valence-corrected chi connectivity index (χ3v) is 4.37. The van der Waals surface area contributed by atoms with Gasteiger partial charge in [0.15, 0.2) is 9.34 Å². The molecule has 0 aliphatic carbocycles. The smallest absolute Gasteiger partial charge is 0.282 e. The Labute approximate surface area is 82.5 Å². The first-order valence-corrected chi connectivity index (χ1v) is 6.56. The highest BCUT2D eigenvalue weighted by atomic mass is 32.3. The Morgan fingerprint density at radius 3 is 1.86 bits per heavy atom. The molecule has 1 rings (SSSR count). The lowest BCUT2D eigenvalue weighted by molar-refractivity contribution is 0.476. The van der Waals surface area contributed by atoms with E-state index in [0.29, 0.717) is 6.07 Å². The summed E-state index contributed by atoms with van der Waals surface area (Å²) in [5, 5.41) is -1.40. The van der Waals surface area contributed by atoms with E-state index in [1.54, 1.807) is 0 Å². The van der Waals surface area contributed by atoms with Crippen LogP contribution in [0.4, 0.5) is 4.39 Å². The quantitative estimate of drug-likeness (QED) is 0.746. The molecule has 14 heavy (non-hydrogen) atoms. The largest absolute Gasteiger partial charge is 0.304 e. The summed E-state index contributed by atoms with van der Waals surface area (Å²) < 4.78 is 70.5. The molecule has 0 aromatic carbocycles. The summed E-state index contributed by atoms with van der Waals surface area (Å²) in [5.74, 6) is 0. The molecule has 0 spiro atoms. The van der Waals surface area contributed by atoms with Crippen molar-refractivity contribution >= 4 is 31.6 Å². The summed E-state index contributed by atoms with van der Waals surface area (Å²) >= 11 is -0.0956. The van der Waals surface area contributed by atoms with Gasteiger partial charge >= 0.3 is 10.1 Å². The number of thiophene rings is 1. The first-order chi connectivity index (χ1) is 6.12. The van der Waals surface area contributed by atoms with Gasteiger partial charge in [-0.1, -0.05) is 11.3 Å². The molecule has 2 N–H and O–H groups in total. The Bertz CT molecular complexity index is 552. The summed E-state index contributed by atoms with van der Waals surface area (Å²) in [6, 6.07) is 0.338. The van der Waals surface area contributed by atoms with Crippen molar-refractivity contribution in [3.63, 3.8) is 0 Å². The van der Waals surface area contributed by atoms with Crippen molar-refractivity contribution in [3.05, 3.63) is 11.2 Å². The van der Waals surface area contributed by atoms with E-state index in [0.717, 1.165) is 0 Å². The van der Waals surface area contributed by atoms with Crippen LogP contribution in [0.25, 0.3) is 0 Å². The minimum Gasteiger partial charge on any atom is -0.282 e. The van der Waals surface area contributed by atoms with Gasteiger partial charge < -0.3 is 0 Å². The van der Waals surface area contributed by atoms with E-state index in [9.17, 15) is 21.2 Å². The SMILES string of the molecule is O=S(=O)(O)c1cc(S(=O)(=O)O)c(F)s1. The van der Waals surface area contributed by atoms with Crippen LogP contribution >= 0.6 is 11.3 Å². The van der Waals surface area contributed by atoms with Gasteiger partial charge in [0.2, 0.25) is 0 Å². The van der Waals surface area contributed by atoms with Gasteiger partial charge in [0.05, 0.1) is 0 Å². The summed E-state index contributed by atoms with van der Waals surface area (Å²) in [6.45, 7) is 0. The van der Waals surface area contributed by atoms with Crippen LogP contribution in [0.5, 0.6) is 0 Å². The monoisotopic (exact) mass is 262 g/mol. The predicted octanol–water partition coefficient (Wildman–Crippen LogP) is 0.381. The van der Waals surface area contributed by atoms with E-state index < -0.39 is 34.5 Å². The van der Waals surface area contributed by atoms with Crippen LogP contribution in [0.1, 0.15) is 0 Å². The molecule has 1 aromatic rings. The molecule has 1 heterocycles. The van der Waals surface area contributed by atoms with Gasteiger partial charge in [-0.3, -0.25) is 9.11 Å². The van der Waals surface area contributed by atoms with E-state index in [2.05, 4.69) is 0 Å². The zero-order valence-corrected chi connectivity index (χ0v) is 8.66. The minimum absolute atomic E-state index is 0.0956. The summed E-state index contributed by atoms with van der Waals surface area (Å²) in [6.07, 6.45) is 0. The van der Waals surface area contributed by atoms with E-state index in [4.69, 9.17) is 9.11 Å². The van der Waals surface area contributed by atoms with Gasteiger partial charge in [-0.25, -0.2) is 0 Å². The second-order valence-corrected chi connectivity index (χ2v) is 6.19. The maximum Gasteiger partial charge on any atom is 0.304 e. The van der Waals surface area contributed by atoms with Gasteiger partial charge in [-0.2, -0.15) is 21.2 Å². The van der Waals surface area contributed by atoms with Crippen LogP contribution in [-0.2, 0) is 20.2 Å². The lowest BCUT2D eigenvalue weighted by Crippen LogP contribution is -1.98. The molecule has 0 aliphatic rings. The molecule has 0 fully saturated rings. The van der Waals surface area contributed by atoms with Crippen LogP contribution in [0.15, 0.2) is 15.2 Å². The van der Waals surface area contributed by atoms with Crippen LogP contribution < -0.4 is 0 Å². The fourth-order valence-electron chi connectivity index (χ4n) is 0.635. The molecule has 0 bridgehead atoms. The van der Waals surface area contributed by atoms with Gasteiger partial charge in [0, 0.05) is 0 Å². The maximum absolute atomic E-state index is 12.7. The van der Waals surface area contributed by atoms with Crippen LogP contribution in [-0.4, -0.2) is 25.9 Å². The lowest BCUT2D eigenvalue weighted by atomic mass is 10.6. The minimum atomic E-state index is -4.81. The molecular weight excluding hydrogens is 259 g/mol. The molecule has 0 radical (unpaired) electrons. The maximum atomic E-state index is 12.7. The van der Waals surface area contributed by atoms with Crippen molar-refractivity contribution in [2.45, 2.75) is 9.10 Å². The van der Waals surface area contributed by atoms with E-state index in [1.807, 2.05) is 0 Å². The van der Waals surface area contributed by atoms with Crippen molar-refractivity contribution < 1.29 is 30.3 Å². The third-order valence-electron chi connectivity index (χ3n) is 1.17. The highest BCUT2D eigenvalue weighted by Gasteiger charge is 2.24. The average molecular weight is 262 g/mol. The molecule has 0 saturated carbocycles. The fraction of sp³-hybridized carbons (Fsp3) is 0. The first kappa shape index (κ1) is 11.5. The van der Waals surface area contributed by atoms with Gasteiger partial charge in [0.25, 0.3) is 10.1 Å². The Balaban J connectivity index is 3.49. The highest BCUT2D eigenvalue weighted by Crippen LogP contribution is 2.27. The Hall–Kier alpha value is -0.550. The zero-order chi connectivity index (χ0) is 11.1. The lowest BCUT2D eigenvalue weighted by Gasteiger charge is -1.88. The normalized spacial score (nSPS) is 13.1. The number of halogens is 1. The molecular formula is C4H3FO6S3. The van der Waals surface area contributed by atoms with Crippen LogP contribution in [0, 0.1) is 5.13 Å². The Morgan fingerprint density at radius 2 is 1.64 bits per heavy atom. The number of rotatable bonds is 2. The van der Waals surface area contributed by atoms with Gasteiger partial charge in [-0.05, 0) is 6.07 Å². The average Bonchev–Trinajstić information content (AvgIpc) is 2.27. The standard InChI is InChI=1S/C4H3FO6S3/c5-4-2(13(6,7)8)1-3(12-4)14(9,10)11/h1H,(H,6,7,8)(H,9,10,11). The van der Waals surface area contributed by atoms with Crippen LogP contribution in [0.3, 0.4) is 0 Å².